The van der Waals surface area contributed by atoms with E-state index in [0.717, 1.165) is 27.8 Å². The van der Waals surface area contributed by atoms with Gasteiger partial charge in [0.25, 0.3) is 5.91 Å². The van der Waals surface area contributed by atoms with Gasteiger partial charge in [0, 0.05) is 40.8 Å². The molecule has 1 atom stereocenters. The second-order valence-electron chi connectivity index (χ2n) is 8.01. The summed E-state index contributed by atoms with van der Waals surface area (Å²) in [7, 11) is 1.64. The van der Waals surface area contributed by atoms with Crippen LogP contribution < -0.4 is 10.1 Å². The summed E-state index contributed by atoms with van der Waals surface area (Å²) in [4.78, 5) is 31.4. The van der Waals surface area contributed by atoms with Crippen molar-refractivity contribution in [1.29, 1.82) is 0 Å². The van der Waals surface area contributed by atoms with Crippen LogP contribution in [0.15, 0.2) is 54.7 Å². The highest BCUT2D eigenvalue weighted by molar-refractivity contribution is 6.02. The molecule has 4 aromatic rings. The molecule has 1 amide bonds. The summed E-state index contributed by atoms with van der Waals surface area (Å²) in [6.45, 7) is 5.53. The molecule has 0 fully saturated rings. The van der Waals surface area contributed by atoms with E-state index in [0.29, 0.717) is 29.1 Å². The molecule has 4 rings (SSSR count). The number of carbonyl (C=O) groups is 2. The molecular weight excluding hydrogens is 402 g/mol. The van der Waals surface area contributed by atoms with Crippen LogP contribution in [0, 0.1) is 13.8 Å². The number of aryl methyl sites for hydroxylation is 1. The number of fused-ring (bicyclic) bond motifs is 1. The van der Waals surface area contributed by atoms with Crippen LogP contribution in [0.25, 0.3) is 10.9 Å². The first-order valence-corrected chi connectivity index (χ1v) is 10.6. The quantitative estimate of drug-likeness (QED) is 0.366. The zero-order valence-corrected chi connectivity index (χ0v) is 18.7. The van der Waals surface area contributed by atoms with Gasteiger partial charge in [0.2, 0.25) is 0 Å². The highest BCUT2D eigenvalue weighted by atomic mass is 16.5. The lowest BCUT2D eigenvalue weighted by Gasteiger charge is -2.18. The molecule has 0 bridgehead atoms. The van der Waals surface area contributed by atoms with Crippen molar-refractivity contribution in [3.63, 3.8) is 0 Å². The Bertz CT molecular complexity index is 1280. The number of hydrogen-bond acceptors (Lipinski definition) is 3. The van der Waals surface area contributed by atoms with Gasteiger partial charge in [-0.05, 0) is 55.7 Å². The van der Waals surface area contributed by atoms with E-state index in [-0.39, 0.29) is 17.6 Å². The van der Waals surface area contributed by atoms with Gasteiger partial charge >= 0.3 is 0 Å². The Morgan fingerprint density at radius 3 is 2.44 bits per heavy atom. The summed E-state index contributed by atoms with van der Waals surface area (Å²) in [5.41, 5.74) is 5.63. The molecule has 0 spiro atoms. The molecule has 0 saturated carbocycles. The first-order valence-electron chi connectivity index (χ1n) is 10.6. The van der Waals surface area contributed by atoms with Gasteiger partial charge in [-0.15, -0.1) is 0 Å². The number of para-hydroxylation sites is 1. The molecule has 0 saturated heterocycles. The van der Waals surface area contributed by atoms with E-state index in [1.54, 1.807) is 14.0 Å². The lowest BCUT2D eigenvalue weighted by Crippen LogP contribution is -2.29. The zero-order chi connectivity index (χ0) is 22.8. The molecule has 0 aliphatic heterocycles. The van der Waals surface area contributed by atoms with E-state index in [9.17, 15) is 9.59 Å². The third kappa shape index (κ3) is 3.91. The van der Waals surface area contributed by atoms with Crippen LogP contribution in [-0.2, 0) is 0 Å². The minimum atomic E-state index is -0.226. The van der Waals surface area contributed by atoms with E-state index < -0.39 is 0 Å². The lowest BCUT2D eigenvalue weighted by atomic mass is 9.90. The number of H-pyrrole nitrogens is 2. The maximum Gasteiger partial charge on any atom is 0.268 e. The molecule has 0 aliphatic carbocycles. The summed E-state index contributed by atoms with van der Waals surface area (Å²) in [6.07, 6.45) is 2.00. The molecule has 2 aromatic carbocycles. The van der Waals surface area contributed by atoms with Crippen LogP contribution in [-0.4, -0.2) is 35.3 Å². The number of rotatable bonds is 7. The van der Waals surface area contributed by atoms with E-state index in [1.807, 2.05) is 55.6 Å². The zero-order valence-electron chi connectivity index (χ0n) is 18.7. The van der Waals surface area contributed by atoms with Crippen molar-refractivity contribution in [2.45, 2.75) is 26.7 Å². The monoisotopic (exact) mass is 429 g/mol. The summed E-state index contributed by atoms with van der Waals surface area (Å²) in [5, 5.41) is 4.19. The average Bonchev–Trinajstić information content (AvgIpc) is 3.34. The summed E-state index contributed by atoms with van der Waals surface area (Å²) in [6, 6.07) is 16.0. The molecule has 3 N–H and O–H groups in total. The third-order valence-corrected chi connectivity index (χ3v) is 6.00. The van der Waals surface area contributed by atoms with Crippen molar-refractivity contribution in [2.24, 2.45) is 0 Å². The number of methoxy groups -OCH3 is 1. The number of benzene rings is 2. The standard InChI is InChI=1S/C26H27N3O3/c1-15-24(17(3)30)16(2)29-25(15)26(31)28-13-21(18-9-11-19(32-4)12-10-18)22-14-27-23-8-6-5-7-20(22)23/h5-12,14,21,27,29H,13H2,1-4H3,(H,28,31). The van der Waals surface area contributed by atoms with Crippen molar-refractivity contribution in [3.8, 4) is 5.75 Å². The molecule has 6 nitrogen and oxygen atoms in total. The minimum absolute atomic E-state index is 0.0507. The first-order chi connectivity index (χ1) is 15.4. The second-order valence-corrected chi connectivity index (χ2v) is 8.01. The highest BCUT2D eigenvalue weighted by Gasteiger charge is 2.23. The predicted octanol–water partition coefficient (Wildman–Crippen LogP) is 4.89. The Hall–Kier alpha value is -3.80. The van der Waals surface area contributed by atoms with Gasteiger partial charge in [-0.3, -0.25) is 9.59 Å². The van der Waals surface area contributed by atoms with Gasteiger partial charge in [-0.25, -0.2) is 0 Å². The topological polar surface area (TPSA) is 87.0 Å². The van der Waals surface area contributed by atoms with Gasteiger partial charge < -0.3 is 20.0 Å². The maximum atomic E-state index is 13.0. The van der Waals surface area contributed by atoms with Crippen LogP contribution in [0.1, 0.15) is 56.1 Å². The molecule has 2 heterocycles. The molecule has 6 heteroatoms. The first kappa shape index (κ1) is 21.4. The fraction of sp³-hybridized carbons (Fsp3) is 0.231. The van der Waals surface area contributed by atoms with Crippen LogP contribution in [0.2, 0.25) is 0 Å². The van der Waals surface area contributed by atoms with E-state index in [1.165, 1.54) is 6.92 Å². The van der Waals surface area contributed by atoms with Crippen molar-refractivity contribution in [2.75, 3.05) is 13.7 Å². The van der Waals surface area contributed by atoms with Crippen LogP contribution in [0.5, 0.6) is 5.75 Å². The van der Waals surface area contributed by atoms with Crippen molar-refractivity contribution >= 4 is 22.6 Å². The van der Waals surface area contributed by atoms with Crippen molar-refractivity contribution in [1.82, 2.24) is 15.3 Å². The van der Waals surface area contributed by atoms with Gasteiger partial charge in [-0.2, -0.15) is 0 Å². The number of Topliss-reactive ketones (excluding diaryl/α,β-unsaturated/α-hetero) is 1. The van der Waals surface area contributed by atoms with E-state index in [2.05, 4.69) is 21.4 Å². The van der Waals surface area contributed by atoms with Gasteiger partial charge in [-0.1, -0.05) is 30.3 Å². The van der Waals surface area contributed by atoms with Crippen molar-refractivity contribution < 1.29 is 14.3 Å². The number of ether oxygens (including phenoxy) is 1. The number of aromatic nitrogens is 2. The summed E-state index contributed by atoms with van der Waals surface area (Å²) >= 11 is 0. The fourth-order valence-corrected chi connectivity index (χ4v) is 4.41. The largest absolute Gasteiger partial charge is 0.497 e. The molecule has 0 aliphatic rings. The van der Waals surface area contributed by atoms with Gasteiger partial charge in [0.1, 0.15) is 11.4 Å². The molecule has 164 valence electrons. The normalized spacial score (nSPS) is 12.0. The number of amides is 1. The number of hydrogen-bond donors (Lipinski definition) is 3. The maximum absolute atomic E-state index is 13.0. The van der Waals surface area contributed by atoms with Crippen molar-refractivity contribution in [3.05, 3.63) is 88.4 Å². The Kier molecular flexibility index (Phi) is 5.86. The molecular formula is C26H27N3O3. The van der Waals surface area contributed by atoms with E-state index in [4.69, 9.17) is 4.74 Å². The fourth-order valence-electron chi connectivity index (χ4n) is 4.41. The van der Waals surface area contributed by atoms with Crippen LogP contribution in [0.4, 0.5) is 0 Å². The highest BCUT2D eigenvalue weighted by Crippen LogP contribution is 2.31. The Morgan fingerprint density at radius 2 is 1.78 bits per heavy atom. The predicted molar refractivity (Wildman–Crippen MR) is 126 cm³/mol. The minimum Gasteiger partial charge on any atom is -0.497 e. The van der Waals surface area contributed by atoms with Gasteiger partial charge in [0.05, 0.1) is 7.11 Å². The number of aromatic amines is 2. The molecule has 0 radical (unpaired) electrons. The number of carbonyl (C=O) groups excluding carboxylic acids is 2. The second kappa shape index (κ2) is 8.75. The Morgan fingerprint density at radius 1 is 1.06 bits per heavy atom. The number of ketones is 1. The molecule has 2 aromatic heterocycles. The summed E-state index contributed by atoms with van der Waals surface area (Å²) < 4.78 is 5.30. The van der Waals surface area contributed by atoms with Crippen LogP contribution in [0.3, 0.4) is 0 Å². The molecule has 32 heavy (non-hydrogen) atoms. The summed E-state index contributed by atoms with van der Waals surface area (Å²) in [5.74, 6) is 0.441. The van der Waals surface area contributed by atoms with Crippen LogP contribution >= 0.6 is 0 Å². The van der Waals surface area contributed by atoms with E-state index >= 15 is 0 Å². The Labute approximate surface area is 187 Å². The lowest BCUT2D eigenvalue weighted by molar-refractivity contribution is 0.0947. The SMILES string of the molecule is COc1ccc(C(CNC(=O)c2[nH]c(C)c(C(C)=O)c2C)c2c[nH]c3ccccc23)cc1. The molecule has 1 unspecified atom stereocenters. The Balaban J connectivity index is 1.66. The average molecular weight is 430 g/mol. The third-order valence-electron chi connectivity index (χ3n) is 6.00. The number of nitrogens with one attached hydrogen (secondary N) is 3. The smallest absolute Gasteiger partial charge is 0.268 e. The van der Waals surface area contributed by atoms with Gasteiger partial charge in [0.15, 0.2) is 5.78 Å².